The molecule has 0 aromatic carbocycles. The smallest absolute Gasteiger partial charge is 0.250 e. The largest absolute Gasteiger partial charge is 0.382 e. The summed E-state index contributed by atoms with van der Waals surface area (Å²) in [4.78, 5) is 11.5. The van der Waals surface area contributed by atoms with Crippen molar-refractivity contribution in [2.45, 2.75) is 13.1 Å². The number of hydrogen-bond acceptors (Lipinski definition) is 3. The number of pyridine rings is 1. The molecule has 0 unspecified atom stereocenters. The molecule has 2 heterocycles. The highest BCUT2D eigenvalue weighted by atomic mass is 79.9. The Morgan fingerprint density at radius 1 is 1.31 bits per heavy atom. The van der Waals surface area contributed by atoms with Crippen molar-refractivity contribution in [3.8, 4) is 0 Å². The van der Waals surface area contributed by atoms with Crippen LogP contribution in [0.4, 0.5) is 5.82 Å². The average Bonchev–Trinajstić information content (AvgIpc) is 2.66. The number of aryl methyl sites for hydroxylation is 2. The van der Waals surface area contributed by atoms with Crippen LogP contribution in [0.15, 0.2) is 39.9 Å². The number of anilines is 1. The Morgan fingerprint density at radius 3 is 2.81 bits per heavy atom. The third-order valence-corrected chi connectivity index (χ3v) is 2.65. The van der Waals surface area contributed by atoms with Gasteiger partial charge in [-0.25, -0.2) is 0 Å². The van der Waals surface area contributed by atoms with Crippen LogP contribution in [0.1, 0.15) is 0 Å². The second-order valence-corrected chi connectivity index (χ2v) is 4.30. The zero-order valence-electron chi connectivity index (χ0n) is 8.51. The van der Waals surface area contributed by atoms with Crippen LogP contribution in [0.25, 0.3) is 0 Å². The normalized spacial score (nSPS) is 10.6. The van der Waals surface area contributed by atoms with E-state index in [4.69, 9.17) is 5.73 Å². The minimum Gasteiger partial charge on any atom is -0.382 e. The molecular weight excluding hydrogens is 272 g/mol. The van der Waals surface area contributed by atoms with E-state index >= 15 is 0 Å². The van der Waals surface area contributed by atoms with Crippen LogP contribution in [-0.2, 0) is 13.1 Å². The van der Waals surface area contributed by atoms with E-state index < -0.39 is 0 Å². The Balaban J connectivity index is 2.10. The Kier molecular flexibility index (Phi) is 3.09. The summed E-state index contributed by atoms with van der Waals surface area (Å²) in [5.74, 6) is 0.488. The first-order chi connectivity index (χ1) is 7.65. The number of hydrogen-bond donors (Lipinski definition) is 1. The lowest BCUT2D eigenvalue weighted by atomic mass is 10.4. The molecule has 2 aromatic rings. The molecule has 5 nitrogen and oxygen atoms in total. The third kappa shape index (κ3) is 2.52. The summed E-state index contributed by atoms with van der Waals surface area (Å²) < 4.78 is 4.22. The molecule has 0 aliphatic rings. The zero-order valence-corrected chi connectivity index (χ0v) is 10.1. The monoisotopic (exact) mass is 282 g/mol. The lowest BCUT2D eigenvalue weighted by Crippen LogP contribution is -2.21. The molecule has 0 saturated heterocycles. The summed E-state index contributed by atoms with van der Waals surface area (Å²) in [6.45, 7) is 1.19. The van der Waals surface area contributed by atoms with E-state index in [2.05, 4.69) is 21.0 Å². The molecule has 2 rings (SSSR count). The van der Waals surface area contributed by atoms with Gasteiger partial charge >= 0.3 is 0 Å². The van der Waals surface area contributed by atoms with Gasteiger partial charge in [-0.15, -0.1) is 0 Å². The van der Waals surface area contributed by atoms with Crippen molar-refractivity contribution in [2.75, 3.05) is 5.73 Å². The van der Waals surface area contributed by atoms with Crippen LogP contribution in [0, 0.1) is 0 Å². The predicted octanol–water partition coefficient (Wildman–Crippen LogP) is 1.09. The zero-order chi connectivity index (χ0) is 11.5. The fourth-order valence-electron chi connectivity index (χ4n) is 1.39. The molecule has 0 fully saturated rings. The molecule has 0 aliphatic heterocycles. The molecule has 0 bridgehead atoms. The molecule has 0 amide bonds. The number of nitrogen functional groups attached to an aromatic ring is 1. The molecule has 0 aliphatic carbocycles. The van der Waals surface area contributed by atoms with Crippen LogP contribution in [0.5, 0.6) is 0 Å². The SMILES string of the molecule is Nc1ccn(CCn2cc(Br)ccc2=O)n1. The van der Waals surface area contributed by atoms with Crippen molar-refractivity contribution < 1.29 is 0 Å². The van der Waals surface area contributed by atoms with Gasteiger partial charge in [-0.1, -0.05) is 0 Å². The van der Waals surface area contributed by atoms with Crippen LogP contribution in [0.2, 0.25) is 0 Å². The molecule has 2 aromatic heterocycles. The Bertz CT molecular complexity index is 546. The molecule has 0 radical (unpaired) electrons. The first kappa shape index (κ1) is 10.9. The minimum absolute atomic E-state index is 0.0247. The van der Waals surface area contributed by atoms with Crippen molar-refractivity contribution in [2.24, 2.45) is 0 Å². The van der Waals surface area contributed by atoms with Crippen molar-refractivity contribution in [1.29, 1.82) is 0 Å². The van der Waals surface area contributed by atoms with E-state index in [9.17, 15) is 4.79 Å². The van der Waals surface area contributed by atoms with Gasteiger partial charge in [-0.3, -0.25) is 9.48 Å². The van der Waals surface area contributed by atoms with Crippen molar-refractivity contribution in [3.63, 3.8) is 0 Å². The standard InChI is InChI=1S/C10H11BrN4O/c11-8-1-2-10(16)14(7-8)5-6-15-4-3-9(12)13-15/h1-4,7H,5-6H2,(H2,12,13). The lowest BCUT2D eigenvalue weighted by Gasteiger charge is -2.05. The Morgan fingerprint density at radius 2 is 2.12 bits per heavy atom. The van der Waals surface area contributed by atoms with E-state index in [0.717, 1.165) is 4.47 Å². The van der Waals surface area contributed by atoms with Gasteiger partial charge in [0.2, 0.25) is 0 Å². The van der Waals surface area contributed by atoms with Crippen LogP contribution < -0.4 is 11.3 Å². The molecule has 16 heavy (non-hydrogen) atoms. The summed E-state index contributed by atoms with van der Waals surface area (Å²) in [7, 11) is 0. The second-order valence-electron chi connectivity index (χ2n) is 3.38. The first-order valence-electron chi connectivity index (χ1n) is 4.80. The van der Waals surface area contributed by atoms with Crippen LogP contribution >= 0.6 is 15.9 Å². The summed E-state index contributed by atoms with van der Waals surface area (Å²) in [5.41, 5.74) is 5.47. The summed E-state index contributed by atoms with van der Waals surface area (Å²) in [5, 5.41) is 4.05. The maximum atomic E-state index is 11.5. The minimum atomic E-state index is -0.0247. The quantitative estimate of drug-likeness (QED) is 0.917. The summed E-state index contributed by atoms with van der Waals surface area (Å²) >= 11 is 3.32. The van der Waals surface area contributed by atoms with E-state index in [1.165, 1.54) is 6.07 Å². The fourth-order valence-corrected chi connectivity index (χ4v) is 1.77. The third-order valence-electron chi connectivity index (χ3n) is 2.18. The van der Waals surface area contributed by atoms with E-state index in [1.807, 2.05) is 0 Å². The maximum absolute atomic E-state index is 11.5. The van der Waals surface area contributed by atoms with Gasteiger partial charge in [0.05, 0.1) is 6.54 Å². The highest BCUT2D eigenvalue weighted by Gasteiger charge is 1.98. The number of rotatable bonds is 3. The van der Waals surface area contributed by atoms with Crippen molar-refractivity contribution in [3.05, 3.63) is 45.4 Å². The van der Waals surface area contributed by atoms with Gasteiger partial charge in [0.25, 0.3) is 5.56 Å². The lowest BCUT2D eigenvalue weighted by molar-refractivity contribution is 0.524. The number of nitrogens with two attached hydrogens (primary N) is 1. The van der Waals surface area contributed by atoms with E-state index in [0.29, 0.717) is 18.9 Å². The molecule has 6 heteroatoms. The topological polar surface area (TPSA) is 65.8 Å². The van der Waals surface area contributed by atoms with Gasteiger partial charge in [-0.05, 0) is 28.1 Å². The Hall–Kier alpha value is -1.56. The molecule has 0 saturated carbocycles. The molecule has 0 atom stereocenters. The number of halogens is 1. The van der Waals surface area contributed by atoms with Gasteiger partial charge in [-0.2, -0.15) is 5.10 Å². The maximum Gasteiger partial charge on any atom is 0.250 e. The van der Waals surface area contributed by atoms with E-state index in [1.54, 1.807) is 33.8 Å². The first-order valence-corrected chi connectivity index (χ1v) is 5.59. The molecule has 2 N–H and O–H groups in total. The summed E-state index contributed by atoms with van der Waals surface area (Å²) in [6.07, 6.45) is 3.55. The number of nitrogens with zero attached hydrogens (tertiary/aromatic N) is 3. The van der Waals surface area contributed by atoms with Gasteiger partial charge < -0.3 is 10.3 Å². The average molecular weight is 283 g/mol. The van der Waals surface area contributed by atoms with Crippen LogP contribution in [-0.4, -0.2) is 14.3 Å². The summed E-state index contributed by atoms with van der Waals surface area (Å²) in [6, 6.07) is 4.98. The molecule has 84 valence electrons. The van der Waals surface area contributed by atoms with E-state index in [-0.39, 0.29) is 5.56 Å². The fraction of sp³-hybridized carbons (Fsp3) is 0.200. The second kappa shape index (κ2) is 4.52. The Labute approximate surface area is 101 Å². The van der Waals surface area contributed by atoms with Gasteiger partial charge in [0.1, 0.15) is 5.82 Å². The predicted molar refractivity (Wildman–Crippen MR) is 65.0 cm³/mol. The highest BCUT2D eigenvalue weighted by molar-refractivity contribution is 9.10. The molecule has 0 spiro atoms. The molecular formula is C10H11BrN4O. The highest BCUT2D eigenvalue weighted by Crippen LogP contribution is 2.05. The van der Waals surface area contributed by atoms with Gasteiger partial charge in [0.15, 0.2) is 0 Å². The van der Waals surface area contributed by atoms with Crippen molar-refractivity contribution in [1.82, 2.24) is 14.3 Å². The number of aromatic nitrogens is 3. The van der Waals surface area contributed by atoms with Gasteiger partial charge in [0, 0.05) is 29.5 Å². The van der Waals surface area contributed by atoms with Crippen molar-refractivity contribution >= 4 is 21.7 Å². The van der Waals surface area contributed by atoms with Crippen LogP contribution in [0.3, 0.4) is 0 Å².